The lowest BCUT2D eigenvalue weighted by molar-refractivity contribution is -0.141. The minimum atomic E-state index is -1.22. The molecule has 0 aromatic carbocycles. The highest BCUT2D eigenvalue weighted by atomic mass is 16.2. The number of hydrogen-bond acceptors (Lipinski definition) is 3. The average Bonchev–Trinajstić information content (AvgIpc) is 2.27. The largest absolute Gasteiger partial charge is 0.328 e. The van der Waals surface area contributed by atoms with Crippen molar-refractivity contribution < 1.29 is 14.4 Å². The predicted molar refractivity (Wildman–Crippen MR) is 63.1 cm³/mol. The third-order valence-electron chi connectivity index (χ3n) is 2.83. The van der Waals surface area contributed by atoms with Crippen molar-refractivity contribution in [1.29, 1.82) is 0 Å². The Balaban J connectivity index is 3.01. The van der Waals surface area contributed by atoms with Crippen molar-refractivity contribution in [2.45, 2.75) is 39.5 Å². The van der Waals surface area contributed by atoms with Crippen LogP contribution in [0.25, 0.3) is 0 Å². The summed E-state index contributed by atoms with van der Waals surface area (Å²) in [5.74, 6) is -1.05. The summed E-state index contributed by atoms with van der Waals surface area (Å²) in [6.07, 6.45) is 6.19. The standard InChI is InChI=1S/C12H18N2O3/c1-3-5-7-12(8-6-4-2)9(15)13-11(17)14-10(12)16/h5,7H,3-4,6,8H2,1-2H3,(H2,13,14,15,16,17). The van der Waals surface area contributed by atoms with E-state index in [0.717, 1.165) is 19.3 Å². The quantitative estimate of drug-likeness (QED) is 0.563. The van der Waals surface area contributed by atoms with Crippen LogP contribution in [0.15, 0.2) is 12.2 Å². The van der Waals surface area contributed by atoms with E-state index in [0.29, 0.717) is 6.42 Å². The second-order valence-corrected chi connectivity index (χ2v) is 4.12. The van der Waals surface area contributed by atoms with Gasteiger partial charge in [0.05, 0.1) is 0 Å². The van der Waals surface area contributed by atoms with Crippen LogP contribution in [0.4, 0.5) is 4.79 Å². The van der Waals surface area contributed by atoms with Crippen LogP contribution >= 0.6 is 0 Å². The number of nitrogens with one attached hydrogen (secondary N) is 2. The Morgan fingerprint density at radius 1 is 1.12 bits per heavy atom. The van der Waals surface area contributed by atoms with Crippen molar-refractivity contribution in [3.63, 3.8) is 0 Å². The van der Waals surface area contributed by atoms with Crippen molar-refractivity contribution in [3.8, 4) is 0 Å². The number of hydrogen-bond donors (Lipinski definition) is 2. The molecule has 0 atom stereocenters. The van der Waals surface area contributed by atoms with Crippen LogP contribution < -0.4 is 10.6 Å². The second-order valence-electron chi connectivity index (χ2n) is 4.12. The molecule has 1 aliphatic heterocycles. The minimum Gasteiger partial charge on any atom is -0.277 e. The van der Waals surface area contributed by atoms with Crippen molar-refractivity contribution in [3.05, 3.63) is 12.2 Å². The van der Waals surface area contributed by atoms with Crippen molar-refractivity contribution in [1.82, 2.24) is 10.6 Å². The second kappa shape index (κ2) is 5.61. The van der Waals surface area contributed by atoms with Gasteiger partial charge in [-0.05, 0) is 12.8 Å². The van der Waals surface area contributed by atoms with Gasteiger partial charge in [0.1, 0.15) is 5.41 Å². The molecule has 0 radical (unpaired) electrons. The molecule has 0 spiro atoms. The Morgan fingerprint density at radius 3 is 2.18 bits per heavy atom. The van der Waals surface area contributed by atoms with Crippen molar-refractivity contribution in [2.75, 3.05) is 0 Å². The molecule has 2 N–H and O–H groups in total. The highest BCUT2D eigenvalue weighted by Gasteiger charge is 2.47. The van der Waals surface area contributed by atoms with Crippen molar-refractivity contribution in [2.24, 2.45) is 5.41 Å². The summed E-state index contributed by atoms with van der Waals surface area (Å²) in [4.78, 5) is 34.8. The SMILES string of the molecule is CCC=CC1(CCCC)C(=O)NC(=O)NC1=O. The fourth-order valence-electron chi connectivity index (χ4n) is 1.80. The number of carbonyl (C=O) groups excluding carboxylic acids is 3. The molecular weight excluding hydrogens is 220 g/mol. The third kappa shape index (κ3) is 2.72. The molecule has 94 valence electrons. The van der Waals surface area contributed by atoms with Crippen LogP contribution in [0.5, 0.6) is 0 Å². The molecule has 0 saturated carbocycles. The van der Waals surface area contributed by atoms with E-state index in [4.69, 9.17) is 0 Å². The Morgan fingerprint density at radius 2 is 1.71 bits per heavy atom. The molecule has 0 bridgehead atoms. The molecule has 0 unspecified atom stereocenters. The monoisotopic (exact) mass is 238 g/mol. The van der Waals surface area contributed by atoms with Crippen LogP contribution in [-0.2, 0) is 9.59 Å². The Kier molecular flexibility index (Phi) is 4.43. The van der Waals surface area contributed by atoms with Gasteiger partial charge in [0.2, 0.25) is 11.8 Å². The van der Waals surface area contributed by atoms with Gasteiger partial charge in [-0.2, -0.15) is 0 Å². The number of rotatable bonds is 5. The van der Waals surface area contributed by atoms with Crippen LogP contribution in [-0.4, -0.2) is 17.8 Å². The summed E-state index contributed by atoms with van der Waals surface area (Å²) >= 11 is 0. The normalized spacial score (nSPS) is 19.3. The summed E-state index contributed by atoms with van der Waals surface area (Å²) in [5, 5.41) is 4.31. The number of urea groups is 1. The first-order valence-corrected chi connectivity index (χ1v) is 5.91. The Bertz CT molecular complexity index is 341. The number of unbranched alkanes of at least 4 members (excludes halogenated alkanes) is 1. The fourth-order valence-corrected chi connectivity index (χ4v) is 1.80. The lowest BCUT2D eigenvalue weighted by atomic mass is 9.79. The fraction of sp³-hybridized carbons (Fsp3) is 0.583. The van der Waals surface area contributed by atoms with Gasteiger partial charge in [0.25, 0.3) is 0 Å². The summed E-state index contributed by atoms with van der Waals surface area (Å²) in [7, 11) is 0. The predicted octanol–water partition coefficient (Wildman–Crippen LogP) is 1.50. The maximum Gasteiger partial charge on any atom is 0.328 e. The highest BCUT2D eigenvalue weighted by molar-refractivity contribution is 6.20. The van der Waals surface area contributed by atoms with E-state index < -0.39 is 23.3 Å². The average molecular weight is 238 g/mol. The molecule has 0 aliphatic carbocycles. The zero-order chi connectivity index (χ0) is 12.9. The van der Waals surface area contributed by atoms with Gasteiger partial charge in [-0.25, -0.2) is 4.79 Å². The van der Waals surface area contributed by atoms with Crippen LogP contribution in [0, 0.1) is 5.41 Å². The van der Waals surface area contributed by atoms with Crippen LogP contribution in [0.3, 0.4) is 0 Å². The van der Waals surface area contributed by atoms with Crippen molar-refractivity contribution >= 4 is 17.8 Å². The van der Waals surface area contributed by atoms with Gasteiger partial charge in [0, 0.05) is 0 Å². The molecule has 0 aromatic rings. The van der Waals surface area contributed by atoms with Gasteiger partial charge in [-0.15, -0.1) is 0 Å². The molecule has 17 heavy (non-hydrogen) atoms. The van der Waals surface area contributed by atoms with E-state index >= 15 is 0 Å². The van der Waals surface area contributed by atoms with E-state index in [1.165, 1.54) is 0 Å². The van der Waals surface area contributed by atoms with Gasteiger partial charge in [-0.3, -0.25) is 20.2 Å². The first-order valence-electron chi connectivity index (χ1n) is 5.91. The molecule has 5 nitrogen and oxygen atoms in total. The van der Waals surface area contributed by atoms with E-state index in [9.17, 15) is 14.4 Å². The number of amides is 4. The molecule has 5 heteroatoms. The molecule has 1 saturated heterocycles. The topological polar surface area (TPSA) is 75.3 Å². The highest BCUT2D eigenvalue weighted by Crippen LogP contribution is 2.29. The molecule has 4 amide bonds. The summed E-state index contributed by atoms with van der Waals surface area (Å²) in [6.45, 7) is 3.91. The first-order chi connectivity index (χ1) is 8.06. The third-order valence-corrected chi connectivity index (χ3v) is 2.83. The summed E-state index contributed by atoms with van der Waals surface area (Å²) in [6, 6.07) is -0.739. The Labute approximate surface area is 101 Å². The number of carbonyl (C=O) groups is 3. The van der Waals surface area contributed by atoms with Gasteiger partial charge < -0.3 is 0 Å². The van der Waals surface area contributed by atoms with E-state index in [-0.39, 0.29) is 0 Å². The van der Waals surface area contributed by atoms with Crippen LogP contribution in [0.2, 0.25) is 0 Å². The van der Waals surface area contributed by atoms with Gasteiger partial charge in [-0.1, -0.05) is 38.8 Å². The maximum atomic E-state index is 11.9. The first kappa shape index (κ1) is 13.4. The van der Waals surface area contributed by atoms with Crippen LogP contribution in [0.1, 0.15) is 39.5 Å². The molecular formula is C12H18N2O3. The molecule has 1 aliphatic rings. The summed E-state index contributed by atoms with van der Waals surface area (Å²) in [5.41, 5.74) is -1.22. The molecule has 1 rings (SSSR count). The molecule has 0 aromatic heterocycles. The number of allylic oxidation sites excluding steroid dienone is 1. The molecule has 1 fully saturated rings. The maximum absolute atomic E-state index is 11.9. The summed E-state index contributed by atoms with van der Waals surface area (Å²) < 4.78 is 0. The lowest BCUT2D eigenvalue weighted by Gasteiger charge is -2.31. The zero-order valence-electron chi connectivity index (χ0n) is 10.2. The van der Waals surface area contributed by atoms with E-state index in [1.807, 2.05) is 13.8 Å². The number of imide groups is 2. The minimum absolute atomic E-state index is 0.422. The molecule has 1 heterocycles. The van der Waals surface area contributed by atoms with Gasteiger partial charge >= 0.3 is 6.03 Å². The van der Waals surface area contributed by atoms with Gasteiger partial charge in [0.15, 0.2) is 0 Å². The van der Waals surface area contributed by atoms with E-state index in [1.54, 1.807) is 12.2 Å². The number of barbiturate groups is 1. The lowest BCUT2D eigenvalue weighted by Crippen LogP contribution is -2.61. The zero-order valence-corrected chi connectivity index (χ0v) is 10.2. The van der Waals surface area contributed by atoms with E-state index in [2.05, 4.69) is 10.6 Å². The Hall–Kier alpha value is -1.65. The smallest absolute Gasteiger partial charge is 0.277 e.